The number of rotatable bonds is 3. The summed E-state index contributed by atoms with van der Waals surface area (Å²) in [4.78, 5) is 28.6. The molecule has 1 aromatic carbocycles. The van der Waals surface area contributed by atoms with Crippen LogP contribution in [0.2, 0.25) is 0 Å². The van der Waals surface area contributed by atoms with Crippen LogP contribution in [0.3, 0.4) is 0 Å². The SMILES string of the molecule is Cn1c(=O)c2c(ncn2Cc2cc(-c3ccccc3)on2)n(C)c1=O. The van der Waals surface area contributed by atoms with Gasteiger partial charge in [0.05, 0.1) is 12.9 Å². The van der Waals surface area contributed by atoms with E-state index in [9.17, 15) is 9.59 Å². The van der Waals surface area contributed by atoms with Gasteiger partial charge in [-0.15, -0.1) is 0 Å². The lowest BCUT2D eigenvalue weighted by Gasteiger charge is -2.05. The van der Waals surface area contributed by atoms with Crippen molar-refractivity contribution in [2.45, 2.75) is 6.54 Å². The van der Waals surface area contributed by atoms with E-state index in [1.54, 1.807) is 11.6 Å². The predicted molar refractivity (Wildman–Crippen MR) is 91.3 cm³/mol. The Balaban J connectivity index is 1.77. The highest BCUT2D eigenvalue weighted by Crippen LogP contribution is 2.20. The molecule has 0 saturated carbocycles. The minimum Gasteiger partial charge on any atom is -0.356 e. The Morgan fingerprint density at radius 2 is 1.84 bits per heavy atom. The molecule has 0 aliphatic rings. The molecule has 0 unspecified atom stereocenters. The van der Waals surface area contributed by atoms with Gasteiger partial charge < -0.3 is 9.09 Å². The third-order valence-corrected chi connectivity index (χ3v) is 4.17. The molecule has 0 saturated heterocycles. The topological polar surface area (TPSA) is 87.8 Å². The van der Waals surface area contributed by atoms with E-state index in [1.165, 1.54) is 17.9 Å². The second kappa shape index (κ2) is 5.59. The summed E-state index contributed by atoms with van der Waals surface area (Å²) in [6.07, 6.45) is 1.53. The van der Waals surface area contributed by atoms with E-state index in [2.05, 4.69) is 10.1 Å². The summed E-state index contributed by atoms with van der Waals surface area (Å²) in [7, 11) is 3.04. The second-order valence-electron chi connectivity index (χ2n) is 5.80. The summed E-state index contributed by atoms with van der Waals surface area (Å²) >= 11 is 0. The highest BCUT2D eigenvalue weighted by molar-refractivity contribution is 5.70. The Labute approximate surface area is 141 Å². The fraction of sp³-hybridized carbons (Fsp3) is 0.176. The molecule has 0 spiro atoms. The zero-order chi connectivity index (χ0) is 17.6. The van der Waals surface area contributed by atoms with Crippen molar-refractivity contribution in [3.05, 3.63) is 69.3 Å². The second-order valence-corrected chi connectivity index (χ2v) is 5.80. The molecule has 25 heavy (non-hydrogen) atoms. The van der Waals surface area contributed by atoms with Crippen LogP contribution in [0.4, 0.5) is 0 Å². The molecule has 4 aromatic rings. The van der Waals surface area contributed by atoms with E-state index in [1.807, 2.05) is 36.4 Å². The first-order chi connectivity index (χ1) is 12.1. The van der Waals surface area contributed by atoms with Crippen LogP contribution in [0.1, 0.15) is 5.69 Å². The van der Waals surface area contributed by atoms with Gasteiger partial charge in [0.1, 0.15) is 5.69 Å². The zero-order valence-electron chi connectivity index (χ0n) is 13.7. The van der Waals surface area contributed by atoms with Crippen LogP contribution in [0.5, 0.6) is 0 Å². The first-order valence-corrected chi connectivity index (χ1v) is 7.68. The lowest BCUT2D eigenvalue weighted by molar-refractivity contribution is 0.421. The van der Waals surface area contributed by atoms with Gasteiger partial charge in [0.15, 0.2) is 16.9 Å². The van der Waals surface area contributed by atoms with E-state index in [0.717, 1.165) is 10.1 Å². The Kier molecular flexibility index (Phi) is 3.38. The fourth-order valence-corrected chi connectivity index (χ4v) is 2.82. The molecule has 4 rings (SSSR count). The number of aromatic nitrogens is 5. The van der Waals surface area contributed by atoms with Gasteiger partial charge in [0.2, 0.25) is 0 Å². The monoisotopic (exact) mass is 337 g/mol. The van der Waals surface area contributed by atoms with Crippen LogP contribution < -0.4 is 11.2 Å². The average Bonchev–Trinajstić information content (AvgIpc) is 3.27. The molecule has 3 aromatic heterocycles. The van der Waals surface area contributed by atoms with E-state index < -0.39 is 5.69 Å². The Bertz CT molecular complexity index is 1180. The molecule has 0 amide bonds. The van der Waals surface area contributed by atoms with Crippen LogP contribution in [0, 0.1) is 0 Å². The Morgan fingerprint density at radius 3 is 2.60 bits per heavy atom. The summed E-state index contributed by atoms with van der Waals surface area (Å²) in [6.45, 7) is 0.320. The number of hydrogen-bond acceptors (Lipinski definition) is 5. The van der Waals surface area contributed by atoms with Crippen LogP contribution in [-0.2, 0) is 20.6 Å². The smallest absolute Gasteiger partial charge is 0.332 e. The van der Waals surface area contributed by atoms with Crippen molar-refractivity contribution in [1.29, 1.82) is 0 Å². The molecular weight excluding hydrogens is 322 g/mol. The van der Waals surface area contributed by atoms with Gasteiger partial charge >= 0.3 is 5.69 Å². The molecular formula is C17H15N5O3. The number of benzene rings is 1. The number of fused-ring (bicyclic) bond motifs is 1. The van der Waals surface area contributed by atoms with E-state index in [0.29, 0.717) is 29.2 Å². The third kappa shape index (κ3) is 2.38. The van der Waals surface area contributed by atoms with Crippen LogP contribution in [-0.4, -0.2) is 23.8 Å². The summed E-state index contributed by atoms with van der Waals surface area (Å²) in [5.41, 5.74) is 1.50. The normalized spacial score (nSPS) is 11.3. The van der Waals surface area contributed by atoms with Gasteiger partial charge in [-0.1, -0.05) is 35.5 Å². The van der Waals surface area contributed by atoms with Gasteiger partial charge in [-0.05, 0) is 0 Å². The van der Waals surface area contributed by atoms with Gasteiger partial charge in [-0.2, -0.15) is 0 Å². The summed E-state index contributed by atoms with van der Waals surface area (Å²) in [6, 6.07) is 11.5. The molecule has 126 valence electrons. The number of nitrogens with zero attached hydrogens (tertiary/aromatic N) is 5. The zero-order valence-corrected chi connectivity index (χ0v) is 13.7. The van der Waals surface area contributed by atoms with Crippen LogP contribution >= 0.6 is 0 Å². The van der Waals surface area contributed by atoms with Crippen molar-refractivity contribution >= 4 is 11.2 Å². The molecule has 3 heterocycles. The largest absolute Gasteiger partial charge is 0.356 e. The number of hydrogen-bond donors (Lipinski definition) is 0. The maximum Gasteiger partial charge on any atom is 0.332 e. The Morgan fingerprint density at radius 1 is 1.08 bits per heavy atom. The lowest BCUT2D eigenvalue weighted by atomic mass is 10.2. The molecule has 0 N–H and O–H groups in total. The third-order valence-electron chi connectivity index (χ3n) is 4.17. The molecule has 0 bridgehead atoms. The molecule has 0 radical (unpaired) electrons. The average molecular weight is 337 g/mol. The summed E-state index contributed by atoms with van der Waals surface area (Å²) in [5.74, 6) is 0.653. The van der Waals surface area contributed by atoms with Crippen molar-refractivity contribution < 1.29 is 4.52 Å². The number of imidazole rings is 1. The maximum absolute atomic E-state index is 12.4. The van der Waals surface area contributed by atoms with E-state index >= 15 is 0 Å². The summed E-state index contributed by atoms with van der Waals surface area (Å²) in [5, 5.41) is 4.07. The molecule has 0 atom stereocenters. The number of aryl methyl sites for hydroxylation is 1. The minimum absolute atomic E-state index is 0.320. The van der Waals surface area contributed by atoms with Gasteiger partial charge in [-0.3, -0.25) is 13.9 Å². The highest BCUT2D eigenvalue weighted by atomic mass is 16.5. The van der Waals surface area contributed by atoms with Crippen molar-refractivity contribution in [3.8, 4) is 11.3 Å². The fourth-order valence-electron chi connectivity index (χ4n) is 2.82. The van der Waals surface area contributed by atoms with Crippen LogP contribution in [0.25, 0.3) is 22.5 Å². The lowest BCUT2D eigenvalue weighted by Crippen LogP contribution is -2.37. The predicted octanol–water partition coefficient (Wildman–Crippen LogP) is 1.14. The van der Waals surface area contributed by atoms with E-state index in [-0.39, 0.29) is 5.56 Å². The van der Waals surface area contributed by atoms with E-state index in [4.69, 9.17) is 4.52 Å². The standard InChI is InChI=1S/C17H15N5O3/c1-20-15-14(16(23)21(2)17(20)24)22(10-18-15)9-12-8-13(25-19-12)11-6-4-3-5-7-11/h3-8,10H,9H2,1-2H3. The first-order valence-electron chi connectivity index (χ1n) is 7.68. The summed E-state index contributed by atoms with van der Waals surface area (Å²) < 4.78 is 9.48. The van der Waals surface area contributed by atoms with Gasteiger partial charge in [0, 0.05) is 25.7 Å². The molecule has 0 aliphatic heterocycles. The van der Waals surface area contributed by atoms with Crippen molar-refractivity contribution in [1.82, 2.24) is 23.8 Å². The van der Waals surface area contributed by atoms with Gasteiger partial charge in [-0.25, -0.2) is 9.78 Å². The van der Waals surface area contributed by atoms with Crippen molar-refractivity contribution in [3.63, 3.8) is 0 Å². The van der Waals surface area contributed by atoms with Crippen LogP contribution in [0.15, 0.2) is 56.8 Å². The molecule has 8 nitrogen and oxygen atoms in total. The first kappa shape index (κ1) is 15.1. The van der Waals surface area contributed by atoms with Crippen molar-refractivity contribution in [2.75, 3.05) is 0 Å². The molecule has 0 aliphatic carbocycles. The van der Waals surface area contributed by atoms with Crippen molar-refractivity contribution in [2.24, 2.45) is 14.1 Å². The molecule has 8 heteroatoms. The molecule has 0 fully saturated rings. The maximum atomic E-state index is 12.4. The minimum atomic E-state index is -0.407. The highest BCUT2D eigenvalue weighted by Gasteiger charge is 2.15. The van der Waals surface area contributed by atoms with Gasteiger partial charge in [0.25, 0.3) is 5.56 Å². The Hall–Kier alpha value is -3.42. The quantitative estimate of drug-likeness (QED) is 0.559.